The molecule has 1 aromatic carbocycles. The van der Waals surface area contributed by atoms with Crippen LogP contribution in [0, 0.1) is 0 Å². The van der Waals surface area contributed by atoms with Gasteiger partial charge in [-0.1, -0.05) is 91.8 Å². The van der Waals surface area contributed by atoms with Crippen LogP contribution in [0.4, 0.5) is 11.6 Å². The second kappa shape index (κ2) is 11.6. The number of aromatic nitrogens is 3. The average molecular weight is 477 g/mol. The van der Waals surface area contributed by atoms with E-state index in [0.717, 1.165) is 64.3 Å². The van der Waals surface area contributed by atoms with E-state index in [2.05, 4.69) is 75.7 Å². The second-order valence-corrected chi connectivity index (χ2v) is 12.3. The first-order chi connectivity index (χ1) is 15.0. The van der Waals surface area contributed by atoms with Crippen molar-refractivity contribution in [3.63, 3.8) is 0 Å². The van der Waals surface area contributed by atoms with Gasteiger partial charge in [0.05, 0.1) is 0 Å². The molecule has 178 valence electrons. The van der Waals surface area contributed by atoms with Crippen LogP contribution in [0.3, 0.4) is 0 Å². The lowest BCUT2D eigenvalue weighted by Crippen LogP contribution is -2.18. The summed E-state index contributed by atoms with van der Waals surface area (Å²) in [5, 5.41) is 16.0. The molecule has 2 rings (SSSR count). The number of unbranched alkanes of at least 4 members (excludes halogenated alkanes) is 2. The molecule has 0 aliphatic carbocycles. The minimum Gasteiger partial charge on any atom is -0.507 e. The Balaban J connectivity index is 2.44. The maximum absolute atomic E-state index is 11.0. The molecular weight excluding hydrogens is 436 g/mol. The van der Waals surface area contributed by atoms with Crippen molar-refractivity contribution in [3.05, 3.63) is 23.3 Å². The van der Waals surface area contributed by atoms with E-state index in [4.69, 9.17) is 0 Å². The summed E-state index contributed by atoms with van der Waals surface area (Å²) < 4.78 is 0. The van der Waals surface area contributed by atoms with E-state index in [1.54, 1.807) is 23.5 Å². The molecule has 0 unspecified atom stereocenters. The molecule has 0 fully saturated rings. The normalized spacial score (nSPS) is 12.2. The predicted molar refractivity (Wildman–Crippen MR) is 140 cm³/mol. The van der Waals surface area contributed by atoms with Gasteiger partial charge in [0.15, 0.2) is 10.3 Å². The lowest BCUT2D eigenvalue weighted by molar-refractivity contribution is 0.423. The third kappa shape index (κ3) is 7.84. The molecule has 0 bridgehead atoms. The van der Waals surface area contributed by atoms with Gasteiger partial charge < -0.3 is 10.4 Å². The summed E-state index contributed by atoms with van der Waals surface area (Å²) in [6.07, 6.45) is 4.58. The zero-order valence-electron chi connectivity index (χ0n) is 21.0. The van der Waals surface area contributed by atoms with Gasteiger partial charge in [-0.3, -0.25) is 0 Å². The third-order valence-corrected chi connectivity index (χ3v) is 6.90. The molecule has 0 amide bonds. The van der Waals surface area contributed by atoms with Crippen LogP contribution in [0.1, 0.15) is 92.2 Å². The number of hydrogen-bond acceptors (Lipinski definition) is 7. The van der Waals surface area contributed by atoms with Gasteiger partial charge in [0, 0.05) is 28.3 Å². The average Bonchev–Trinajstić information content (AvgIpc) is 2.68. The number of benzene rings is 1. The molecule has 2 aromatic rings. The fourth-order valence-electron chi connectivity index (χ4n) is 3.12. The van der Waals surface area contributed by atoms with Gasteiger partial charge in [-0.15, -0.1) is 0 Å². The Morgan fingerprint density at radius 3 is 1.59 bits per heavy atom. The van der Waals surface area contributed by atoms with E-state index in [1.165, 1.54) is 0 Å². The minimum absolute atomic E-state index is 0.191. The van der Waals surface area contributed by atoms with Crippen LogP contribution < -0.4 is 5.32 Å². The highest BCUT2D eigenvalue weighted by Crippen LogP contribution is 2.41. The second-order valence-electron chi connectivity index (χ2n) is 10.2. The van der Waals surface area contributed by atoms with E-state index < -0.39 is 0 Å². The molecule has 5 nitrogen and oxygen atoms in total. The van der Waals surface area contributed by atoms with E-state index in [1.807, 2.05) is 12.1 Å². The fourth-order valence-corrected chi connectivity index (χ4v) is 5.01. The van der Waals surface area contributed by atoms with Crippen LogP contribution in [0.25, 0.3) is 0 Å². The number of hydrogen-bond donors (Lipinski definition) is 2. The SMILES string of the molecule is CCCCSc1nc(Nc2cc(C(C)(C)C)c(O)c(C(C)(C)C)c2)nc(SCCCC)n1. The van der Waals surface area contributed by atoms with Crippen molar-refractivity contribution in [2.75, 3.05) is 16.8 Å². The van der Waals surface area contributed by atoms with Crippen molar-refractivity contribution < 1.29 is 5.11 Å². The number of nitrogens with one attached hydrogen (secondary N) is 1. The fraction of sp³-hybridized carbons (Fsp3) is 0.640. The number of rotatable bonds is 10. The summed E-state index contributed by atoms with van der Waals surface area (Å²) in [6, 6.07) is 4.03. The molecule has 0 aliphatic rings. The highest BCUT2D eigenvalue weighted by atomic mass is 32.2. The Morgan fingerprint density at radius 2 is 1.22 bits per heavy atom. The van der Waals surface area contributed by atoms with Crippen LogP contribution in [-0.4, -0.2) is 31.6 Å². The summed E-state index contributed by atoms with van der Waals surface area (Å²) in [4.78, 5) is 14.0. The first kappa shape index (κ1) is 26.8. The summed E-state index contributed by atoms with van der Waals surface area (Å²) in [6.45, 7) is 17.1. The van der Waals surface area contributed by atoms with Crippen LogP contribution in [-0.2, 0) is 10.8 Å². The van der Waals surface area contributed by atoms with Crippen molar-refractivity contribution in [1.29, 1.82) is 0 Å². The van der Waals surface area contributed by atoms with E-state index in [0.29, 0.717) is 11.7 Å². The standard InChI is InChI=1S/C25H40N4OS2/c1-9-11-13-31-22-27-21(28-23(29-22)32-14-12-10-2)26-17-15-18(24(3,4)5)20(30)19(16-17)25(6,7)8/h15-16,30H,9-14H2,1-8H3,(H,26,27,28,29). The first-order valence-electron chi connectivity index (χ1n) is 11.6. The highest BCUT2D eigenvalue weighted by molar-refractivity contribution is 7.99. The quantitative estimate of drug-likeness (QED) is 0.207. The van der Waals surface area contributed by atoms with Gasteiger partial charge >= 0.3 is 0 Å². The molecule has 0 aliphatic heterocycles. The lowest BCUT2D eigenvalue weighted by atomic mass is 9.79. The molecule has 0 atom stereocenters. The van der Waals surface area contributed by atoms with Crippen molar-refractivity contribution >= 4 is 35.2 Å². The molecule has 0 radical (unpaired) electrons. The van der Waals surface area contributed by atoms with Gasteiger partial charge in [-0.25, -0.2) is 0 Å². The van der Waals surface area contributed by atoms with Crippen LogP contribution in [0.15, 0.2) is 22.4 Å². The largest absolute Gasteiger partial charge is 0.507 e. The van der Waals surface area contributed by atoms with Gasteiger partial charge in [0.2, 0.25) is 5.95 Å². The molecule has 32 heavy (non-hydrogen) atoms. The number of anilines is 2. The zero-order chi connectivity index (χ0) is 23.9. The maximum atomic E-state index is 11.0. The summed E-state index contributed by atoms with van der Waals surface area (Å²) in [5.41, 5.74) is 2.33. The van der Waals surface area contributed by atoms with E-state index >= 15 is 0 Å². The molecular formula is C25H40N4OS2. The summed E-state index contributed by atoms with van der Waals surface area (Å²) in [5.74, 6) is 2.93. The molecule has 0 saturated carbocycles. The van der Waals surface area contributed by atoms with Gasteiger partial charge in [0.1, 0.15) is 5.75 Å². The number of phenolic OH excluding ortho intramolecular Hbond substituents is 1. The third-order valence-electron chi connectivity index (χ3n) is 5.03. The minimum atomic E-state index is -0.191. The molecule has 0 spiro atoms. The Morgan fingerprint density at radius 1 is 0.781 bits per heavy atom. The molecule has 0 saturated heterocycles. The highest BCUT2D eigenvalue weighted by Gasteiger charge is 2.26. The number of aromatic hydroxyl groups is 1. The van der Waals surface area contributed by atoms with Gasteiger partial charge in [-0.05, 0) is 35.8 Å². The van der Waals surface area contributed by atoms with E-state index in [-0.39, 0.29) is 10.8 Å². The lowest BCUT2D eigenvalue weighted by Gasteiger charge is -2.28. The monoisotopic (exact) mass is 476 g/mol. The topological polar surface area (TPSA) is 70.9 Å². The maximum Gasteiger partial charge on any atom is 0.232 e. The number of nitrogens with zero attached hydrogens (tertiary/aromatic N) is 3. The number of thioether (sulfide) groups is 2. The van der Waals surface area contributed by atoms with Crippen LogP contribution in [0.2, 0.25) is 0 Å². The Labute approximate surface area is 203 Å². The summed E-state index contributed by atoms with van der Waals surface area (Å²) >= 11 is 3.37. The van der Waals surface area contributed by atoms with Crippen molar-refractivity contribution in [2.45, 2.75) is 102 Å². The van der Waals surface area contributed by atoms with Crippen molar-refractivity contribution in [1.82, 2.24) is 15.0 Å². The van der Waals surface area contributed by atoms with Crippen LogP contribution in [0.5, 0.6) is 5.75 Å². The number of phenols is 1. The van der Waals surface area contributed by atoms with Gasteiger partial charge in [-0.2, -0.15) is 15.0 Å². The predicted octanol–water partition coefficient (Wildman–Crippen LogP) is 7.70. The molecule has 2 N–H and O–H groups in total. The molecule has 1 aromatic heterocycles. The van der Waals surface area contributed by atoms with Gasteiger partial charge in [0.25, 0.3) is 0 Å². The summed E-state index contributed by atoms with van der Waals surface area (Å²) in [7, 11) is 0. The zero-order valence-corrected chi connectivity index (χ0v) is 22.6. The van der Waals surface area contributed by atoms with Crippen LogP contribution >= 0.6 is 23.5 Å². The first-order valence-corrected chi connectivity index (χ1v) is 13.6. The van der Waals surface area contributed by atoms with E-state index in [9.17, 15) is 5.11 Å². The Bertz CT molecular complexity index is 825. The smallest absolute Gasteiger partial charge is 0.232 e. The van der Waals surface area contributed by atoms with Crippen molar-refractivity contribution in [3.8, 4) is 5.75 Å². The Kier molecular flexibility index (Phi) is 9.70. The Hall–Kier alpha value is -1.47. The van der Waals surface area contributed by atoms with Crippen molar-refractivity contribution in [2.24, 2.45) is 0 Å². The molecule has 7 heteroatoms. The molecule has 1 heterocycles.